The number of thiophene rings is 1. The first-order valence-electron chi connectivity index (χ1n) is 9.25. The van der Waals surface area contributed by atoms with Crippen molar-refractivity contribution in [2.45, 2.75) is 34.3 Å². The Morgan fingerprint density at radius 1 is 1.04 bits per heavy atom. The van der Waals surface area contributed by atoms with Crippen LogP contribution in [0.15, 0.2) is 47.5 Å². The molecule has 0 N–H and O–H groups in total. The van der Waals surface area contributed by atoms with Crippen LogP contribution in [-0.2, 0) is 6.61 Å². The Labute approximate surface area is 169 Å². The van der Waals surface area contributed by atoms with Gasteiger partial charge in [-0.05, 0) is 68.0 Å². The molecule has 4 heteroatoms. The standard InChI is InChI=1S/C24H22O3S/c1-14-5-6-15(2)18(11-14)13-26-20-8-7-19-23(25)21(27-24(19)17(20)4)12-22-16(3)9-10-28-22/h5-12H,13H2,1-4H3/b21-12-. The topological polar surface area (TPSA) is 35.5 Å². The number of carbonyl (C=O) groups is 1. The Hall–Kier alpha value is -2.85. The maximum atomic E-state index is 12.7. The summed E-state index contributed by atoms with van der Waals surface area (Å²) in [6, 6.07) is 12.0. The summed E-state index contributed by atoms with van der Waals surface area (Å²) in [6.07, 6.45) is 1.83. The number of ether oxygens (including phenoxy) is 2. The highest BCUT2D eigenvalue weighted by molar-refractivity contribution is 7.11. The van der Waals surface area contributed by atoms with Gasteiger partial charge in [0, 0.05) is 16.5 Å². The summed E-state index contributed by atoms with van der Waals surface area (Å²) >= 11 is 1.60. The molecule has 3 aromatic rings. The molecule has 0 amide bonds. The van der Waals surface area contributed by atoms with E-state index < -0.39 is 0 Å². The van der Waals surface area contributed by atoms with E-state index in [1.165, 1.54) is 11.1 Å². The van der Waals surface area contributed by atoms with Gasteiger partial charge >= 0.3 is 0 Å². The van der Waals surface area contributed by atoms with Crippen molar-refractivity contribution in [1.29, 1.82) is 0 Å². The summed E-state index contributed by atoms with van der Waals surface area (Å²) in [5.74, 6) is 1.63. The lowest BCUT2D eigenvalue weighted by molar-refractivity contribution is 0.101. The molecular weight excluding hydrogens is 368 g/mol. The first kappa shape index (κ1) is 18.5. The number of rotatable bonds is 4. The summed E-state index contributed by atoms with van der Waals surface area (Å²) < 4.78 is 12.0. The van der Waals surface area contributed by atoms with Gasteiger partial charge in [-0.3, -0.25) is 4.79 Å². The lowest BCUT2D eigenvalue weighted by atomic mass is 10.1. The van der Waals surface area contributed by atoms with Gasteiger partial charge in [-0.2, -0.15) is 0 Å². The third-order valence-electron chi connectivity index (χ3n) is 5.09. The number of hydrogen-bond donors (Lipinski definition) is 0. The summed E-state index contributed by atoms with van der Waals surface area (Å²) in [7, 11) is 0. The van der Waals surface area contributed by atoms with E-state index in [1.807, 2.05) is 37.4 Å². The second-order valence-electron chi connectivity index (χ2n) is 7.19. The average molecular weight is 391 g/mol. The van der Waals surface area contributed by atoms with Gasteiger partial charge < -0.3 is 9.47 Å². The molecule has 1 aromatic heterocycles. The van der Waals surface area contributed by atoms with Crippen LogP contribution in [0.2, 0.25) is 0 Å². The molecule has 0 fully saturated rings. The molecule has 1 aliphatic rings. The van der Waals surface area contributed by atoms with Crippen LogP contribution in [0.1, 0.15) is 43.1 Å². The molecule has 0 atom stereocenters. The highest BCUT2D eigenvalue weighted by Crippen LogP contribution is 2.40. The van der Waals surface area contributed by atoms with E-state index in [2.05, 4.69) is 32.0 Å². The zero-order valence-electron chi connectivity index (χ0n) is 16.5. The SMILES string of the molecule is Cc1ccc(C)c(COc2ccc3c(c2C)O/C(=C\c2sccc2C)C3=O)c1. The largest absolute Gasteiger partial charge is 0.488 e. The van der Waals surface area contributed by atoms with Crippen molar-refractivity contribution in [3.05, 3.63) is 85.8 Å². The smallest absolute Gasteiger partial charge is 0.232 e. The summed E-state index contributed by atoms with van der Waals surface area (Å²) in [4.78, 5) is 13.8. The van der Waals surface area contributed by atoms with Crippen LogP contribution in [0.3, 0.4) is 0 Å². The number of ketones is 1. The molecular formula is C24H22O3S. The lowest BCUT2D eigenvalue weighted by Crippen LogP contribution is -2.00. The minimum Gasteiger partial charge on any atom is -0.488 e. The van der Waals surface area contributed by atoms with Crippen LogP contribution in [0.5, 0.6) is 11.5 Å². The monoisotopic (exact) mass is 390 g/mol. The third-order valence-corrected chi connectivity index (χ3v) is 6.05. The van der Waals surface area contributed by atoms with Gasteiger partial charge in [0.05, 0.1) is 5.56 Å². The molecule has 0 spiro atoms. The van der Waals surface area contributed by atoms with Crippen molar-refractivity contribution in [2.75, 3.05) is 0 Å². The van der Waals surface area contributed by atoms with Gasteiger partial charge in [-0.25, -0.2) is 0 Å². The molecule has 0 aliphatic carbocycles. The highest BCUT2D eigenvalue weighted by Gasteiger charge is 2.30. The van der Waals surface area contributed by atoms with E-state index in [1.54, 1.807) is 17.4 Å². The van der Waals surface area contributed by atoms with Gasteiger partial charge in [0.25, 0.3) is 0 Å². The number of fused-ring (bicyclic) bond motifs is 1. The maximum Gasteiger partial charge on any atom is 0.232 e. The van der Waals surface area contributed by atoms with E-state index in [0.717, 1.165) is 27.3 Å². The van der Waals surface area contributed by atoms with E-state index >= 15 is 0 Å². The second-order valence-corrected chi connectivity index (χ2v) is 8.14. The Bertz CT molecular complexity index is 1110. The van der Waals surface area contributed by atoms with Crippen LogP contribution in [0.25, 0.3) is 6.08 Å². The first-order chi connectivity index (χ1) is 13.4. The van der Waals surface area contributed by atoms with Crippen LogP contribution in [-0.4, -0.2) is 5.78 Å². The van der Waals surface area contributed by atoms with E-state index in [9.17, 15) is 4.79 Å². The molecule has 0 saturated heterocycles. The molecule has 1 aliphatic heterocycles. The number of hydrogen-bond acceptors (Lipinski definition) is 4. The number of aryl methyl sites for hydroxylation is 3. The van der Waals surface area contributed by atoms with Crippen molar-refractivity contribution < 1.29 is 14.3 Å². The number of allylic oxidation sites excluding steroid dienone is 1. The zero-order valence-corrected chi connectivity index (χ0v) is 17.3. The molecule has 0 bridgehead atoms. The van der Waals surface area contributed by atoms with Crippen molar-refractivity contribution in [3.63, 3.8) is 0 Å². The highest BCUT2D eigenvalue weighted by atomic mass is 32.1. The minimum atomic E-state index is -0.0769. The second kappa shape index (κ2) is 7.28. The normalized spacial score (nSPS) is 14.3. The predicted molar refractivity (Wildman–Crippen MR) is 113 cm³/mol. The van der Waals surface area contributed by atoms with E-state index in [-0.39, 0.29) is 5.78 Å². The molecule has 3 nitrogen and oxygen atoms in total. The van der Waals surface area contributed by atoms with Gasteiger partial charge in [-0.1, -0.05) is 23.8 Å². The molecule has 0 saturated carbocycles. The fourth-order valence-electron chi connectivity index (χ4n) is 3.29. The van der Waals surface area contributed by atoms with Crippen molar-refractivity contribution >= 4 is 23.2 Å². The van der Waals surface area contributed by atoms with Gasteiger partial charge in [0.1, 0.15) is 18.1 Å². The molecule has 0 unspecified atom stereocenters. The Balaban J connectivity index is 1.59. The molecule has 4 rings (SSSR count). The average Bonchev–Trinajstić information content (AvgIpc) is 3.22. The summed E-state index contributed by atoms with van der Waals surface area (Å²) in [5.41, 5.74) is 6.15. The molecule has 2 aromatic carbocycles. The fourth-order valence-corrected chi connectivity index (χ4v) is 4.13. The van der Waals surface area contributed by atoms with E-state index in [0.29, 0.717) is 23.7 Å². The molecule has 142 valence electrons. The summed E-state index contributed by atoms with van der Waals surface area (Å²) in [6.45, 7) is 8.60. The Morgan fingerprint density at radius 3 is 2.61 bits per heavy atom. The molecule has 0 radical (unpaired) electrons. The fraction of sp³-hybridized carbons (Fsp3) is 0.208. The van der Waals surface area contributed by atoms with Crippen LogP contribution < -0.4 is 9.47 Å². The molecule has 2 heterocycles. The summed E-state index contributed by atoms with van der Waals surface area (Å²) in [5, 5.41) is 2.01. The van der Waals surface area contributed by atoms with Crippen LogP contribution >= 0.6 is 11.3 Å². The number of carbonyl (C=O) groups excluding carboxylic acids is 1. The van der Waals surface area contributed by atoms with Crippen molar-refractivity contribution in [1.82, 2.24) is 0 Å². The first-order valence-corrected chi connectivity index (χ1v) is 10.1. The van der Waals surface area contributed by atoms with Gasteiger partial charge in [0.15, 0.2) is 5.76 Å². The zero-order chi connectivity index (χ0) is 19.8. The lowest BCUT2D eigenvalue weighted by Gasteiger charge is -2.13. The third kappa shape index (κ3) is 3.36. The van der Waals surface area contributed by atoms with Gasteiger partial charge in [-0.15, -0.1) is 11.3 Å². The Kier molecular flexibility index (Phi) is 4.82. The molecule has 28 heavy (non-hydrogen) atoms. The number of benzene rings is 2. The number of Topliss-reactive ketones (excluding diaryl/α,β-unsaturated/α-hetero) is 1. The Morgan fingerprint density at radius 2 is 1.86 bits per heavy atom. The van der Waals surface area contributed by atoms with Crippen molar-refractivity contribution in [3.8, 4) is 11.5 Å². The van der Waals surface area contributed by atoms with Crippen molar-refractivity contribution in [2.24, 2.45) is 0 Å². The minimum absolute atomic E-state index is 0.0769. The van der Waals surface area contributed by atoms with E-state index in [4.69, 9.17) is 9.47 Å². The van der Waals surface area contributed by atoms with Crippen LogP contribution in [0.4, 0.5) is 0 Å². The predicted octanol–water partition coefficient (Wildman–Crippen LogP) is 6.18. The van der Waals surface area contributed by atoms with Gasteiger partial charge in [0.2, 0.25) is 5.78 Å². The van der Waals surface area contributed by atoms with Crippen LogP contribution in [0, 0.1) is 27.7 Å². The maximum absolute atomic E-state index is 12.7. The quantitative estimate of drug-likeness (QED) is 0.499.